The van der Waals surface area contributed by atoms with Crippen molar-refractivity contribution >= 4 is 5.91 Å². The van der Waals surface area contributed by atoms with Crippen molar-refractivity contribution in [1.82, 2.24) is 20.0 Å². The van der Waals surface area contributed by atoms with Crippen molar-refractivity contribution in [3.63, 3.8) is 0 Å². The van der Waals surface area contributed by atoms with Gasteiger partial charge in [0.1, 0.15) is 0 Å². The fraction of sp³-hybridized carbons (Fsp3) is 0.733. The first-order valence-electron chi connectivity index (χ1n) is 7.69. The highest BCUT2D eigenvalue weighted by molar-refractivity contribution is 5.76. The van der Waals surface area contributed by atoms with E-state index >= 15 is 0 Å². The van der Waals surface area contributed by atoms with Crippen LogP contribution in [0.4, 0.5) is 0 Å². The van der Waals surface area contributed by atoms with Crippen LogP contribution in [0.5, 0.6) is 0 Å². The molecule has 2 aliphatic rings. The summed E-state index contributed by atoms with van der Waals surface area (Å²) >= 11 is 0. The predicted octanol–water partition coefficient (Wildman–Crippen LogP) is 1.13. The zero-order chi connectivity index (χ0) is 13.9. The molecule has 0 aromatic carbocycles. The van der Waals surface area contributed by atoms with Gasteiger partial charge in [-0.25, -0.2) is 0 Å². The second kappa shape index (κ2) is 5.95. The van der Waals surface area contributed by atoms with E-state index in [1.807, 2.05) is 22.8 Å². The van der Waals surface area contributed by atoms with Crippen molar-refractivity contribution in [1.29, 1.82) is 0 Å². The average Bonchev–Trinajstić information content (AvgIpc) is 3.16. The zero-order valence-electron chi connectivity index (χ0n) is 12.2. The van der Waals surface area contributed by atoms with E-state index in [0.29, 0.717) is 24.2 Å². The van der Waals surface area contributed by atoms with Crippen LogP contribution in [0.15, 0.2) is 12.4 Å². The predicted molar refractivity (Wildman–Crippen MR) is 77.4 cm³/mol. The molecule has 1 amide bonds. The number of hydrogen-bond acceptors (Lipinski definition) is 3. The van der Waals surface area contributed by atoms with Crippen LogP contribution >= 0.6 is 0 Å². The van der Waals surface area contributed by atoms with Gasteiger partial charge in [-0.2, -0.15) is 5.10 Å². The minimum Gasteiger partial charge on any atom is -0.342 e. The molecule has 2 unspecified atom stereocenters. The number of hydrogen-bond donors (Lipinski definition) is 1. The Morgan fingerprint density at radius 1 is 1.50 bits per heavy atom. The van der Waals surface area contributed by atoms with E-state index in [-0.39, 0.29) is 0 Å². The van der Waals surface area contributed by atoms with Crippen LogP contribution in [-0.4, -0.2) is 46.8 Å². The van der Waals surface area contributed by atoms with E-state index in [2.05, 4.69) is 16.6 Å². The Balaban J connectivity index is 1.47. The van der Waals surface area contributed by atoms with Crippen LogP contribution < -0.4 is 5.32 Å². The fourth-order valence-corrected chi connectivity index (χ4v) is 3.36. The lowest BCUT2D eigenvalue weighted by atomic mass is 10.0. The molecule has 0 bridgehead atoms. The molecule has 3 rings (SSSR count). The van der Waals surface area contributed by atoms with Crippen molar-refractivity contribution in [3.8, 4) is 0 Å². The molecule has 3 heterocycles. The average molecular weight is 276 g/mol. The third kappa shape index (κ3) is 3.03. The van der Waals surface area contributed by atoms with Crippen LogP contribution in [0.3, 0.4) is 0 Å². The van der Waals surface area contributed by atoms with Gasteiger partial charge in [-0.1, -0.05) is 0 Å². The van der Waals surface area contributed by atoms with E-state index in [4.69, 9.17) is 0 Å². The Kier molecular flexibility index (Phi) is 4.05. The van der Waals surface area contributed by atoms with Crippen molar-refractivity contribution in [2.45, 2.75) is 31.6 Å². The first kappa shape index (κ1) is 13.6. The highest BCUT2D eigenvalue weighted by Crippen LogP contribution is 2.27. The van der Waals surface area contributed by atoms with Gasteiger partial charge in [-0.3, -0.25) is 9.48 Å². The normalized spacial score (nSPS) is 26.4. The Morgan fingerprint density at radius 2 is 2.40 bits per heavy atom. The van der Waals surface area contributed by atoms with E-state index in [9.17, 15) is 4.79 Å². The number of amides is 1. The summed E-state index contributed by atoms with van der Waals surface area (Å²) in [5.74, 6) is 1.51. The lowest BCUT2D eigenvalue weighted by molar-refractivity contribution is -0.130. The minimum atomic E-state index is 0.336. The Labute approximate surface area is 120 Å². The molecule has 0 spiro atoms. The summed E-state index contributed by atoms with van der Waals surface area (Å²) in [7, 11) is 1.94. The lowest BCUT2D eigenvalue weighted by Crippen LogP contribution is -2.28. The third-order valence-electron chi connectivity index (χ3n) is 4.67. The lowest BCUT2D eigenvalue weighted by Gasteiger charge is -2.17. The summed E-state index contributed by atoms with van der Waals surface area (Å²) in [6, 6.07) is 0. The van der Waals surface area contributed by atoms with E-state index in [1.165, 1.54) is 12.0 Å². The number of likely N-dealkylation sites (tertiary alicyclic amines) is 1. The molecule has 0 saturated carbocycles. The molecule has 1 N–H and O–H groups in total. The highest BCUT2D eigenvalue weighted by Gasteiger charge is 2.28. The van der Waals surface area contributed by atoms with Crippen molar-refractivity contribution in [3.05, 3.63) is 18.0 Å². The van der Waals surface area contributed by atoms with Crippen LogP contribution in [-0.2, 0) is 11.8 Å². The van der Waals surface area contributed by atoms with E-state index in [0.717, 1.165) is 39.0 Å². The molecule has 110 valence electrons. The van der Waals surface area contributed by atoms with Crippen LogP contribution in [0.2, 0.25) is 0 Å². The largest absolute Gasteiger partial charge is 0.342 e. The number of rotatable bonds is 4. The molecular weight excluding hydrogens is 252 g/mol. The first-order valence-corrected chi connectivity index (χ1v) is 7.69. The summed E-state index contributed by atoms with van der Waals surface area (Å²) in [5.41, 5.74) is 1.27. The second-order valence-electron chi connectivity index (χ2n) is 6.17. The maximum atomic E-state index is 12.3. The molecule has 5 nitrogen and oxygen atoms in total. The molecule has 2 saturated heterocycles. The van der Waals surface area contributed by atoms with Gasteiger partial charge in [0.25, 0.3) is 0 Å². The summed E-state index contributed by atoms with van der Waals surface area (Å²) in [5, 5.41) is 7.59. The molecule has 2 atom stereocenters. The fourth-order valence-electron chi connectivity index (χ4n) is 3.36. The molecule has 5 heteroatoms. The van der Waals surface area contributed by atoms with E-state index < -0.39 is 0 Å². The molecule has 20 heavy (non-hydrogen) atoms. The smallest absolute Gasteiger partial charge is 0.222 e. The molecule has 0 radical (unpaired) electrons. The standard InChI is InChI=1S/C15H24N4O/c1-18-10-14(9-17-18)13-5-7-19(11-13)15(20)3-2-12-4-6-16-8-12/h9-10,12-13,16H,2-8,11H2,1H3. The minimum absolute atomic E-state index is 0.336. The van der Waals surface area contributed by atoms with Crippen LogP contribution in [0.25, 0.3) is 0 Å². The number of nitrogens with zero attached hydrogens (tertiary/aromatic N) is 3. The van der Waals surface area contributed by atoms with E-state index in [1.54, 1.807) is 0 Å². The molecule has 0 aliphatic carbocycles. The summed E-state index contributed by atoms with van der Waals surface area (Å²) in [6.45, 7) is 3.98. The van der Waals surface area contributed by atoms with Gasteiger partial charge in [0.05, 0.1) is 6.20 Å². The first-order chi connectivity index (χ1) is 9.72. The third-order valence-corrected chi connectivity index (χ3v) is 4.67. The Morgan fingerprint density at radius 3 is 3.10 bits per heavy atom. The maximum Gasteiger partial charge on any atom is 0.222 e. The van der Waals surface area contributed by atoms with Gasteiger partial charge in [0.15, 0.2) is 0 Å². The summed E-state index contributed by atoms with van der Waals surface area (Å²) in [4.78, 5) is 14.3. The van der Waals surface area contributed by atoms with Crippen molar-refractivity contribution in [2.24, 2.45) is 13.0 Å². The number of aryl methyl sites for hydroxylation is 1. The number of aromatic nitrogens is 2. The van der Waals surface area contributed by atoms with Crippen LogP contribution in [0, 0.1) is 5.92 Å². The van der Waals surface area contributed by atoms with Crippen molar-refractivity contribution in [2.75, 3.05) is 26.2 Å². The van der Waals surface area contributed by atoms with Crippen LogP contribution in [0.1, 0.15) is 37.2 Å². The van der Waals surface area contributed by atoms with Gasteiger partial charge in [0.2, 0.25) is 5.91 Å². The Bertz CT molecular complexity index is 464. The van der Waals surface area contributed by atoms with Gasteiger partial charge in [-0.05, 0) is 43.8 Å². The van der Waals surface area contributed by atoms with Gasteiger partial charge in [0, 0.05) is 38.7 Å². The zero-order valence-corrected chi connectivity index (χ0v) is 12.2. The van der Waals surface area contributed by atoms with Gasteiger partial charge >= 0.3 is 0 Å². The molecule has 2 aliphatic heterocycles. The quantitative estimate of drug-likeness (QED) is 0.897. The molecule has 2 fully saturated rings. The monoisotopic (exact) mass is 276 g/mol. The molecule has 1 aromatic heterocycles. The number of carbonyl (C=O) groups excluding carboxylic acids is 1. The second-order valence-corrected chi connectivity index (χ2v) is 6.17. The highest BCUT2D eigenvalue weighted by atomic mass is 16.2. The number of nitrogens with one attached hydrogen (secondary N) is 1. The Hall–Kier alpha value is -1.36. The maximum absolute atomic E-state index is 12.3. The number of carbonyl (C=O) groups is 1. The summed E-state index contributed by atoms with van der Waals surface area (Å²) < 4.78 is 1.84. The van der Waals surface area contributed by atoms with Gasteiger partial charge < -0.3 is 10.2 Å². The van der Waals surface area contributed by atoms with Gasteiger partial charge in [-0.15, -0.1) is 0 Å². The van der Waals surface area contributed by atoms with Crippen molar-refractivity contribution < 1.29 is 4.79 Å². The molecular formula is C15H24N4O. The molecule has 1 aromatic rings. The summed E-state index contributed by atoms with van der Waals surface area (Å²) in [6.07, 6.45) is 8.06. The SMILES string of the molecule is Cn1cc(C2CCN(C(=O)CCC3CCNC3)C2)cn1. The topological polar surface area (TPSA) is 50.2 Å².